The van der Waals surface area contributed by atoms with Crippen LogP contribution in [0.4, 0.5) is 11.4 Å². The van der Waals surface area contributed by atoms with Gasteiger partial charge in [0, 0.05) is 55.5 Å². The zero-order valence-electron chi connectivity index (χ0n) is 14.5. The SMILES string of the molecule is CN(C)c1ccc(O)c(C=NCCN=Cc2cc([N+](=O)[O-])ccc2O)c1. The summed E-state index contributed by atoms with van der Waals surface area (Å²) in [5.41, 5.74) is 1.72. The fraction of sp³-hybridized carbons (Fsp3) is 0.222. The van der Waals surface area contributed by atoms with Crippen LogP contribution in [0.15, 0.2) is 46.4 Å². The second-order valence-corrected chi connectivity index (χ2v) is 5.71. The number of non-ortho nitro benzene ring substituents is 1. The van der Waals surface area contributed by atoms with Gasteiger partial charge in [-0.1, -0.05) is 0 Å². The molecule has 0 saturated carbocycles. The van der Waals surface area contributed by atoms with Crippen molar-refractivity contribution < 1.29 is 15.1 Å². The number of phenols is 2. The van der Waals surface area contributed by atoms with Gasteiger partial charge in [-0.2, -0.15) is 0 Å². The van der Waals surface area contributed by atoms with E-state index < -0.39 is 4.92 Å². The fourth-order valence-corrected chi connectivity index (χ4v) is 2.12. The van der Waals surface area contributed by atoms with E-state index in [1.54, 1.807) is 12.3 Å². The van der Waals surface area contributed by atoms with E-state index in [0.29, 0.717) is 18.7 Å². The summed E-state index contributed by atoms with van der Waals surface area (Å²) in [5.74, 6) is 0.0673. The molecule has 2 rings (SSSR count). The van der Waals surface area contributed by atoms with E-state index in [1.165, 1.54) is 24.4 Å². The number of hydrogen-bond acceptors (Lipinski definition) is 7. The molecule has 26 heavy (non-hydrogen) atoms. The van der Waals surface area contributed by atoms with Crippen LogP contribution in [0.25, 0.3) is 0 Å². The first-order chi connectivity index (χ1) is 12.4. The number of rotatable bonds is 7. The summed E-state index contributed by atoms with van der Waals surface area (Å²) in [6.45, 7) is 0.713. The van der Waals surface area contributed by atoms with Gasteiger partial charge in [0.1, 0.15) is 11.5 Å². The molecule has 0 radical (unpaired) electrons. The van der Waals surface area contributed by atoms with Crippen molar-refractivity contribution in [2.24, 2.45) is 9.98 Å². The average molecular weight is 356 g/mol. The summed E-state index contributed by atoms with van der Waals surface area (Å²) in [4.78, 5) is 20.5. The predicted molar refractivity (Wildman–Crippen MR) is 102 cm³/mol. The molecule has 0 aromatic heterocycles. The standard InChI is InChI=1S/C18H20N4O4/c1-21(2)15-3-5-17(23)13(9-15)11-19-7-8-20-12-14-10-16(22(25)26)4-6-18(14)24/h3-6,9-12,23-24H,7-8H2,1-2H3. The highest BCUT2D eigenvalue weighted by Crippen LogP contribution is 2.22. The molecule has 0 aliphatic carbocycles. The number of nitro benzene ring substituents is 1. The molecule has 8 nitrogen and oxygen atoms in total. The van der Waals surface area contributed by atoms with Crippen molar-refractivity contribution in [1.29, 1.82) is 0 Å². The molecule has 8 heteroatoms. The van der Waals surface area contributed by atoms with Gasteiger partial charge in [0.25, 0.3) is 5.69 Å². The van der Waals surface area contributed by atoms with Crippen LogP contribution in [0.3, 0.4) is 0 Å². The van der Waals surface area contributed by atoms with E-state index in [4.69, 9.17) is 0 Å². The molecule has 0 atom stereocenters. The van der Waals surface area contributed by atoms with E-state index in [1.807, 2.05) is 31.1 Å². The number of aliphatic imine (C=N–C) groups is 2. The molecule has 0 heterocycles. The van der Waals surface area contributed by atoms with E-state index >= 15 is 0 Å². The van der Waals surface area contributed by atoms with Crippen molar-refractivity contribution in [2.75, 3.05) is 32.1 Å². The summed E-state index contributed by atoms with van der Waals surface area (Å²) >= 11 is 0. The monoisotopic (exact) mass is 356 g/mol. The van der Waals surface area contributed by atoms with Crippen molar-refractivity contribution in [3.8, 4) is 11.5 Å². The van der Waals surface area contributed by atoms with Crippen LogP contribution in [0, 0.1) is 10.1 Å². The maximum atomic E-state index is 10.7. The maximum Gasteiger partial charge on any atom is 0.270 e. The number of nitro groups is 1. The van der Waals surface area contributed by atoms with Gasteiger partial charge >= 0.3 is 0 Å². The smallest absolute Gasteiger partial charge is 0.270 e. The first kappa shape index (κ1) is 18.9. The zero-order valence-corrected chi connectivity index (χ0v) is 14.5. The Bertz CT molecular complexity index is 847. The molecule has 0 bridgehead atoms. The average Bonchev–Trinajstić information content (AvgIpc) is 2.60. The number of phenolic OH excluding ortho intramolecular Hbond substituents is 2. The third-order valence-corrected chi connectivity index (χ3v) is 3.57. The molecule has 0 aliphatic heterocycles. The lowest BCUT2D eigenvalue weighted by atomic mass is 10.2. The topological polar surface area (TPSA) is 112 Å². The number of anilines is 1. The number of aromatic hydroxyl groups is 2. The van der Waals surface area contributed by atoms with Gasteiger partial charge in [-0.05, 0) is 24.3 Å². The summed E-state index contributed by atoms with van der Waals surface area (Å²) in [6, 6.07) is 8.99. The number of benzene rings is 2. The molecule has 2 aromatic rings. The summed E-state index contributed by atoms with van der Waals surface area (Å²) in [7, 11) is 3.82. The van der Waals surface area contributed by atoms with E-state index in [9.17, 15) is 20.3 Å². The van der Waals surface area contributed by atoms with Crippen LogP contribution < -0.4 is 4.90 Å². The highest BCUT2D eigenvalue weighted by Gasteiger charge is 2.08. The van der Waals surface area contributed by atoms with Crippen molar-refractivity contribution in [3.63, 3.8) is 0 Å². The summed E-state index contributed by atoms with van der Waals surface area (Å²) in [5, 5.41) is 30.3. The Labute approximate surface area is 150 Å². The Morgan fingerprint density at radius 3 is 2.08 bits per heavy atom. The molecular formula is C18H20N4O4. The fourth-order valence-electron chi connectivity index (χ4n) is 2.12. The Hall–Kier alpha value is -3.42. The minimum absolute atomic E-state index is 0.0757. The molecule has 136 valence electrons. The van der Waals surface area contributed by atoms with Crippen LogP contribution in [-0.4, -0.2) is 54.8 Å². The molecule has 2 aromatic carbocycles. The molecule has 0 aliphatic rings. The molecule has 0 spiro atoms. The molecule has 0 amide bonds. The van der Waals surface area contributed by atoms with E-state index in [-0.39, 0.29) is 22.7 Å². The summed E-state index contributed by atoms with van der Waals surface area (Å²) in [6.07, 6.45) is 2.95. The van der Waals surface area contributed by atoms with Gasteiger partial charge in [0.2, 0.25) is 0 Å². The van der Waals surface area contributed by atoms with Crippen LogP contribution in [0.5, 0.6) is 11.5 Å². The van der Waals surface area contributed by atoms with E-state index in [2.05, 4.69) is 9.98 Å². The number of hydrogen-bond donors (Lipinski definition) is 2. The molecule has 0 unspecified atom stereocenters. The number of nitrogens with zero attached hydrogens (tertiary/aromatic N) is 4. The van der Waals surface area contributed by atoms with Gasteiger partial charge < -0.3 is 15.1 Å². The highest BCUT2D eigenvalue weighted by molar-refractivity contribution is 5.85. The normalized spacial score (nSPS) is 11.3. The van der Waals surface area contributed by atoms with Gasteiger partial charge in [0.15, 0.2) is 0 Å². The Morgan fingerprint density at radius 1 is 1.00 bits per heavy atom. The van der Waals surface area contributed by atoms with Crippen LogP contribution >= 0.6 is 0 Å². The predicted octanol–water partition coefficient (Wildman–Crippen LogP) is 2.61. The molecule has 0 fully saturated rings. The highest BCUT2D eigenvalue weighted by atomic mass is 16.6. The van der Waals surface area contributed by atoms with Gasteiger partial charge in [-0.3, -0.25) is 20.1 Å². The lowest BCUT2D eigenvalue weighted by Gasteiger charge is -2.13. The molecular weight excluding hydrogens is 336 g/mol. The summed E-state index contributed by atoms with van der Waals surface area (Å²) < 4.78 is 0. The van der Waals surface area contributed by atoms with Crippen LogP contribution in [0.2, 0.25) is 0 Å². The molecule has 2 N–H and O–H groups in total. The quantitative estimate of drug-likeness (QED) is 0.343. The van der Waals surface area contributed by atoms with Crippen molar-refractivity contribution in [1.82, 2.24) is 0 Å². The minimum atomic E-state index is -0.532. The van der Waals surface area contributed by atoms with Crippen LogP contribution in [0.1, 0.15) is 11.1 Å². The first-order valence-corrected chi connectivity index (χ1v) is 7.86. The third-order valence-electron chi connectivity index (χ3n) is 3.57. The van der Waals surface area contributed by atoms with Crippen molar-refractivity contribution in [3.05, 3.63) is 57.6 Å². The van der Waals surface area contributed by atoms with Gasteiger partial charge in [-0.25, -0.2) is 0 Å². The Balaban J connectivity index is 1.96. The van der Waals surface area contributed by atoms with Gasteiger partial charge in [-0.15, -0.1) is 0 Å². The lowest BCUT2D eigenvalue weighted by Crippen LogP contribution is -2.08. The molecule has 0 saturated heterocycles. The third kappa shape index (κ3) is 5.04. The Kier molecular flexibility index (Phi) is 6.26. The Morgan fingerprint density at radius 2 is 1.54 bits per heavy atom. The second kappa shape index (κ2) is 8.61. The zero-order chi connectivity index (χ0) is 19.1. The largest absolute Gasteiger partial charge is 0.507 e. The minimum Gasteiger partial charge on any atom is -0.507 e. The maximum absolute atomic E-state index is 10.7. The van der Waals surface area contributed by atoms with Crippen LogP contribution in [-0.2, 0) is 0 Å². The van der Waals surface area contributed by atoms with Gasteiger partial charge in [0.05, 0.1) is 18.0 Å². The first-order valence-electron chi connectivity index (χ1n) is 7.86. The van der Waals surface area contributed by atoms with Crippen molar-refractivity contribution in [2.45, 2.75) is 0 Å². The lowest BCUT2D eigenvalue weighted by molar-refractivity contribution is -0.384. The van der Waals surface area contributed by atoms with E-state index in [0.717, 1.165) is 5.69 Å². The second-order valence-electron chi connectivity index (χ2n) is 5.71. The van der Waals surface area contributed by atoms with Crippen molar-refractivity contribution >= 4 is 23.8 Å².